The van der Waals surface area contributed by atoms with Crippen molar-refractivity contribution in [3.05, 3.63) is 94.7 Å². The lowest BCUT2D eigenvalue weighted by molar-refractivity contribution is -0.121. The van der Waals surface area contributed by atoms with E-state index in [4.69, 9.17) is 16.3 Å². The maximum absolute atomic E-state index is 14.8. The van der Waals surface area contributed by atoms with Gasteiger partial charge in [-0.3, -0.25) is 14.6 Å². The third-order valence-corrected chi connectivity index (χ3v) is 5.25. The van der Waals surface area contributed by atoms with Crippen LogP contribution in [-0.4, -0.2) is 29.9 Å². The van der Waals surface area contributed by atoms with Gasteiger partial charge in [-0.05, 0) is 23.8 Å². The third kappa shape index (κ3) is 4.69. The first-order chi connectivity index (χ1) is 16.2. The van der Waals surface area contributed by atoms with Crippen LogP contribution in [0.1, 0.15) is 11.5 Å². The molecule has 0 saturated heterocycles. The van der Waals surface area contributed by atoms with E-state index in [1.54, 1.807) is 0 Å². The number of amides is 1. The molecule has 0 N–H and O–H groups in total. The SMILES string of the molecule is CN(C(=O)C1=CN=CC(c2ccc(F)cc2)C1=O)c1cc(F)c(Oc2ccnc(Cl)c2)cc1F. The molecule has 0 spiro atoms. The number of aromatic nitrogens is 1. The summed E-state index contributed by atoms with van der Waals surface area (Å²) in [6, 6.07) is 9.47. The Hall–Kier alpha value is -3.98. The molecule has 1 amide bonds. The minimum absolute atomic E-state index is 0.104. The fourth-order valence-corrected chi connectivity index (χ4v) is 3.45. The molecular weight excluding hydrogens is 471 g/mol. The molecule has 0 bridgehead atoms. The summed E-state index contributed by atoms with van der Waals surface area (Å²) in [6.07, 6.45) is 3.72. The van der Waals surface area contributed by atoms with Crippen LogP contribution in [0.2, 0.25) is 5.15 Å². The van der Waals surface area contributed by atoms with E-state index in [1.165, 1.54) is 55.9 Å². The molecule has 1 unspecified atom stereocenters. The maximum Gasteiger partial charge on any atom is 0.263 e. The fourth-order valence-electron chi connectivity index (χ4n) is 3.29. The third-order valence-electron chi connectivity index (χ3n) is 5.04. The largest absolute Gasteiger partial charge is 0.454 e. The van der Waals surface area contributed by atoms with Gasteiger partial charge in [0.15, 0.2) is 23.2 Å². The van der Waals surface area contributed by atoms with Crippen LogP contribution in [-0.2, 0) is 9.59 Å². The monoisotopic (exact) mass is 485 g/mol. The van der Waals surface area contributed by atoms with Gasteiger partial charge in [-0.2, -0.15) is 0 Å². The summed E-state index contributed by atoms with van der Waals surface area (Å²) in [5, 5.41) is 0.104. The van der Waals surface area contributed by atoms with E-state index in [0.29, 0.717) is 5.56 Å². The van der Waals surface area contributed by atoms with E-state index in [1.807, 2.05) is 0 Å². The Morgan fingerprint density at radius 3 is 2.50 bits per heavy atom. The Bertz CT molecular complexity index is 1340. The number of nitrogens with zero attached hydrogens (tertiary/aromatic N) is 3. The number of ketones is 1. The molecule has 4 rings (SSSR count). The first-order valence-corrected chi connectivity index (χ1v) is 10.2. The van der Waals surface area contributed by atoms with Crippen LogP contribution in [0.25, 0.3) is 0 Å². The van der Waals surface area contributed by atoms with Crippen LogP contribution in [0.3, 0.4) is 0 Å². The lowest BCUT2D eigenvalue weighted by atomic mass is 9.89. The Labute approximate surface area is 197 Å². The van der Waals surface area contributed by atoms with Gasteiger partial charge in [-0.15, -0.1) is 0 Å². The average Bonchev–Trinajstić information content (AvgIpc) is 2.81. The predicted molar refractivity (Wildman–Crippen MR) is 120 cm³/mol. The summed E-state index contributed by atoms with van der Waals surface area (Å²) in [5.74, 6) is -5.09. The van der Waals surface area contributed by atoms with E-state index >= 15 is 0 Å². The molecule has 34 heavy (non-hydrogen) atoms. The van der Waals surface area contributed by atoms with Crippen molar-refractivity contribution in [2.45, 2.75) is 5.92 Å². The number of halogens is 4. The van der Waals surface area contributed by atoms with E-state index in [9.17, 15) is 22.8 Å². The van der Waals surface area contributed by atoms with Crippen molar-refractivity contribution in [3.63, 3.8) is 0 Å². The molecule has 0 saturated carbocycles. The second-order valence-electron chi connectivity index (χ2n) is 7.25. The number of ether oxygens (including phenoxy) is 1. The zero-order chi connectivity index (χ0) is 24.4. The lowest BCUT2D eigenvalue weighted by Crippen LogP contribution is -2.34. The van der Waals surface area contributed by atoms with E-state index in [-0.39, 0.29) is 16.5 Å². The Balaban J connectivity index is 1.57. The van der Waals surface area contributed by atoms with E-state index in [2.05, 4.69) is 9.98 Å². The lowest BCUT2D eigenvalue weighted by Gasteiger charge is -2.22. The van der Waals surface area contributed by atoms with Gasteiger partial charge in [0.2, 0.25) is 0 Å². The number of benzene rings is 2. The topological polar surface area (TPSA) is 71.9 Å². The molecule has 6 nitrogen and oxygen atoms in total. The van der Waals surface area contributed by atoms with Gasteiger partial charge < -0.3 is 9.64 Å². The molecule has 0 fully saturated rings. The fraction of sp³-hybridized carbons (Fsp3) is 0.0833. The molecule has 172 valence electrons. The van der Waals surface area contributed by atoms with Crippen molar-refractivity contribution in [2.75, 3.05) is 11.9 Å². The van der Waals surface area contributed by atoms with Crippen LogP contribution >= 0.6 is 11.6 Å². The molecule has 2 heterocycles. The molecule has 1 aromatic heterocycles. The number of aliphatic imine (C=N–C) groups is 1. The van der Waals surface area contributed by atoms with Crippen molar-refractivity contribution in [1.29, 1.82) is 0 Å². The minimum Gasteiger partial charge on any atom is -0.454 e. The van der Waals surface area contributed by atoms with Crippen LogP contribution in [0.15, 0.2) is 71.5 Å². The van der Waals surface area contributed by atoms with Gasteiger partial charge in [0, 0.05) is 43.9 Å². The van der Waals surface area contributed by atoms with Crippen LogP contribution in [0.4, 0.5) is 18.9 Å². The van der Waals surface area contributed by atoms with E-state index in [0.717, 1.165) is 23.2 Å². The number of rotatable bonds is 5. The van der Waals surface area contributed by atoms with Gasteiger partial charge >= 0.3 is 0 Å². The highest BCUT2D eigenvalue weighted by Gasteiger charge is 2.32. The van der Waals surface area contributed by atoms with Crippen LogP contribution in [0, 0.1) is 17.5 Å². The van der Waals surface area contributed by atoms with Gasteiger partial charge in [0.1, 0.15) is 22.3 Å². The van der Waals surface area contributed by atoms with Crippen molar-refractivity contribution in [1.82, 2.24) is 4.98 Å². The molecular formula is C24H15ClF3N3O3. The summed E-state index contributed by atoms with van der Waals surface area (Å²) in [4.78, 5) is 34.4. The summed E-state index contributed by atoms with van der Waals surface area (Å²) in [6.45, 7) is 0. The number of hydrogen-bond donors (Lipinski definition) is 0. The number of carbonyl (C=O) groups excluding carboxylic acids is 2. The Morgan fingerprint density at radius 2 is 1.79 bits per heavy atom. The van der Waals surface area contributed by atoms with Gasteiger partial charge in [0.25, 0.3) is 5.91 Å². The molecule has 1 aliphatic heterocycles. The summed E-state index contributed by atoms with van der Waals surface area (Å²) < 4.78 is 48.0. The smallest absolute Gasteiger partial charge is 0.263 e. The molecule has 1 aliphatic rings. The van der Waals surface area contributed by atoms with Crippen molar-refractivity contribution in [2.24, 2.45) is 4.99 Å². The summed E-state index contributed by atoms with van der Waals surface area (Å²) in [7, 11) is 1.20. The molecule has 1 atom stereocenters. The molecule has 10 heteroatoms. The average molecular weight is 486 g/mol. The van der Waals surface area contributed by atoms with Crippen molar-refractivity contribution >= 4 is 35.2 Å². The Kier molecular flexibility index (Phi) is 6.47. The number of Topliss-reactive ketones (excluding diaryl/α,β-unsaturated/α-hetero) is 1. The second kappa shape index (κ2) is 9.48. The number of carbonyl (C=O) groups is 2. The summed E-state index contributed by atoms with van der Waals surface area (Å²) >= 11 is 5.76. The predicted octanol–water partition coefficient (Wildman–Crippen LogP) is 5.23. The number of anilines is 1. The minimum atomic E-state index is -0.963. The van der Waals surface area contributed by atoms with Gasteiger partial charge in [-0.1, -0.05) is 23.7 Å². The molecule has 3 aromatic rings. The van der Waals surface area contributed by atoms with E-state index < -0.39 is 46.5 Å². The Morgan fingerprint density at radius 1 is 1.06 bits per heavy atom. The first-order valence-electron chi connectivity index (χ1n) is 9.84. The van der Waals surface area contributed by atoms with Crippen LogP contribution < -0.4 is 9.64 Å². The molecule has 0 aliphatic carbocycles. The van der Waals surface area contributed by atoms with Crippen molar-refractivity contribution < 1.29 is 27.5 Å². The van der Waals surface area contributed by atoms with Crippen LogP contribution in [0.5, 0.6) is 11.5 Å². The maximum atomic E-state index is 14.8. The first kappa shape index (κ1) is 23.2. The quantitative estimate of drug-likeness (QED) is 0.366. The molecule has 2 aromatic carbocycles. The summed E-state index contributed by atoms with van der Waals surface area (Å²) in [5.41, 5.74) is -0.304. The number of likely N-dealkylation sites (N-methyl/N-ethyl adjacent to an activating group) is 1. The normalized spacial score (nSPS) is 15.1. The van der Waals surface area contributed by atoms with Gasteiger partial charge in [0.05, 0.1) is 11.6 Å². The highest BCUT2D eigenvalue weighted by molar-refractivity contribution is 6.30. The van der Waals surface area contributed by atoms with Crippen molar-refractivity contribution in [3.8, 4) is 11.5 Å². The van der Waals surface area contributed by atoms with Gasteiger partial charge in [-0.25, -0.2) is 18.2 Å². The number of hydrogen-bond acceptors (Lipinski definition) is 5. The zero-order valence-electron chi connectivity index (χ0n) is 17.5. The number of pyridine rings is 1. The highest BCUT2D eigenvalue weighted by atomic mass is 35.5. The second-order valence-corrected chi connectivity index (χ2v) is 7.64. The molecule has 0 radical (unpaired) electrons. The zero-order valence-corrected chi connectivity index (χ0v) is 18.3. The standard InChI is InChI=1S/C24H15ClF3N3O3/c1-31(20-9-19(28)21(10-18(20)27)34-15-6-7-30-22(25)8-15)24(33)17-12-29-11-16(23(17)32)13-2-4-14(26)5-3-13/h2-12,16H,1H3. The highest BCUT2D eigenvalue weighted by Crippen LogP contribution is 2.32.